The molecule has 0 aliphatic carbocycles. The summed E-state index contributed by atoms with van der Waals surface area (Å²) in [6, 6.07) is 9.51. The maximum atomic E-state index is 13.1. The van der Waals surface area contributed by atoms with Gasteiger partial charge < -0.3 is 5.32 Å². The number of hydrogen-bond acceptors (Lipinski definition) is 2. The minimum Gasteiger partial charge on any atom is -0.310 e. The van der Waals surface area contributed by atoms with E-state index in [0.717, 1.165) is 23.0 Å². The van der Waals surface area contributed by atoms with Crippen molar-refractivity contribution in [2.24, 2.45) is 0 Å². The second kappa shape index (κ2) is 6.64. The number of benzene rings is 1. The van der Waals surface area contributed by atoms with E-state index in [1.165, 1.54) is 21.9 Å². The lowest BCUT2D eigenvalue weighted by atomic mass is 10.1. The van der Waals surface area contributed by atoms with E-state index in [2.05, 4.69) is 47.2 Å². The molecule has 19 heavy (non-hydrogen) atoms. The zero-order valence-electron chi connectivity index (χ0n) is 11.0. The normalized spacial score (nSPS) is 12.6. The molecule has 1 heterocycles. The van der Waals surface area contributed by atoms with E-state index in [1.807, 2.05) is 6.07 Å². The van der Waals surface area contributed by atoms with Crippen molar-refractivity contribution in [2.45, 2.75) is 26.3 Å². The Balaban J connectivity index is 2.29. The molecule has 2 rings (SSSR count). The molecule has 1 nitrogen and oxygen atoms in total. The molecule has 0 fully saturated rings. The summed E-state index contributed by atoms with van der Waals surface area (Å²) >= 11 is 5.19. The van der Waals surface area contributed by atoms with Crippen LogP contribution < -0.4 is 5.32 Å². The lowest BCUT2D eigenvalue weighted by molar-refractivity contribution is 0.545. The van der Waals surface area contributed by atoms with E-state index in [0.29, 0.717) is 6.04 Å². The molecule has 2 aromatic rings. The van der Waals surface area contributed by atoms with Crippen LogP contribution in [0.25, 0.3) is 10.4 Å². The van der Waals surface area contributed by atoms with E-state index in [9.17, 15) is 4.39 Å². The third-order valence-electron chi connectivity index (χ3n) is 3.03. The molecule has 1 aromatic heterocycles. The summed E-state index contributed by atoms with van der Waals surface area (Å²) in [5, 5.41) is 3.48. The van der Waals surface area contributed by atoms with E-state index in [4.69, 9.17) is 0 Å². The van der Waals surface area contributed by atoms with Crippen LogP contribution in [0.1, 0.15) is 31.2 Å². The summed E-state index contributed by atoms with van der Waals surface area (Å²) in [6.45, 7) is 5.26. The van der Waals surface area contributed by atoms with E-state index in [1.54, 1.807) is 11.3 Å². The smallest absolute Gasteiger partial charge is 0.124 e. The van der Waals surface area contributed by atoms with Crippen molar-refractivity contribution in [1.29, 1.82) is 0 Å². The predicted molar refractivity (Wildman–Crippen MR) is 84.1 cm³/mol. The van der Waals surface area contributed by atoms with Crippen LogP contribution in [0.4, 0.5) is 4.39 Å². The van der Waals surface area contributed by atoms with E-state index < -0.39 is 0 Å². The minimum absolute atomic E-state index is 0.216. The molecule has 1 atom stereocenters. The lowest BCUT2D eigenvalue weighted by Gasteiger charge is -2.13. The molecule has 1 N–H and O–H groups in total. The Bertz CT molecular complexity index is 553. The number of thiophene rings is 1. The van der Waals surface area contributed by atoms with Gasteiger partial charge in [0.1, 0.15) is 5.82 Å². The number of halogens is 2. The maximum Gasteiger partial charge on any atom is 0.124 e. The Hall–Kier alpha value is -0.710. The van der Waals surface area contributed by atoms with Gasteiger partial charge in [-0.1, -0.05) is 29.8 Å². The lowest BCUT2D eigenvalue weighted by Crippen LogP contribution is -2.18. The fraction of sp³-hybridized carbons (Fsp3) is 0.333. The first-order chi connectivity index (χ1) is 9.15. The highest BCUT2D eigenvalue weighted by Crippen LogP contribution is 2.36. The molecular weight excluding hydrogens is 325 g/mol. The van der Waals surface area contributed by atoms with Gasteiger partial charge in [0.25, 0.3) is 0 Å². The molecule has 4 heteroatoms. The molecule has 0 spiro atoms. The van der Waals surface area contributed by atoms with Crippen LogP contribution in [0, 0.1) is 5.82 Å². The minimum atomic E-state index is -0.216. The Labute approximate surface area is 126 Å². The second-order valence-electron chi connectivity index (χ2n) is 4.34. The summed E-state index contributed by atoms with van der Waals surface area (Å²) in [6.07, 6.45) is 1.07. The zero-order valence-corrected chi connectivity index (χ0v) is 13.4. The van der Waals surface area contributed by atoms with Crippen molar-refractivity contribution < 1.29 is 4.39 Å². The Kier molecular flexibility index (Phi) is 5.13. The predicted octanol–water partition coefficient (Wildman–Crippen LogP) is 5.38. The van der Waals surface area contributed by atoms with Crippen molar-refractivity contribution >= 4 is 27.3 Å². The topological polar surface area (TPSA) is 12.0 Å². The largest absolute Gasteiger partial charge is 0.310 e. The Morgan fingerprint density at radius 1 is 1.26 bits per heavy atom. The third kappa shape index (κ3) is 3.44. The van der Waals surface area contributed by atoms with Gasteiger partial charge >= 0.3 is 0 Å². The van der Waals surface area contributed by atoms with Crippen LogP contribution in [0.15, 0.2) is 34.8 Å². The maximum absolute atomic E-state index is 13.1. The average molecular weight is 342 g/mol. The molecular formula is C15H17BrFNS. The molecule has 0 aliphatic rings. The molecule has 0 saturated carbocycles. The molecule has 0 aliphatic heterocycles. The number of rotatable bonds is 5. The first-order valence-electron chi connectivity index (χ1n) is 6.44. The van der Waals surface area contributed by atoms with Crippen molar-refractivity contribution in [2.75, 3.05) is 6.54 Å². The second-order valence-corrected chi connectivity index (χ2v) is 6.31. The summed E-state index contributed by atoms with van der Waals surface area (Å²) in [5.41, 5.74) is 1.05. The first kappa shape index (κ1) is 14.7. The Morgan fingerprint density at radius 3 is 2.68 bits per heavy atom. The van der Waals surface area contributed by atoms with Crippen LogP contribution >= 0.6 is 27.3 Å². The van der Waals surface area contributed by atoms with Gasteiger partial charge in [0.2, 0.25) is 0 Å². The average Bonchev–Trinajstić information content (AvgIpc) is 2.85. The van der Waals surface area contributed by atoms with Gasteiger partial charge in [-0.3, -0.25) is 0 Å². The van der Waals surface area contributed by atoms with Crippen LogP contribution in [-0.2, 0) is 0 Å². The monoisotopic (exact) mass is 341 g/mol. The highest BCUT2D eigenvalue weighted by atomic mass is 79.9. The molecule has 0 saturated heterocycles. The summed E-state index contributed by atoms with van der Waals surface area (Å²) in [4.78, 5) is 2.49. The van der Waals surface area contributed by atoms with Crippen molar-refractivity contribution in [1.82, 2.24) is 5.32 Å². The van der Waals surface area contributed by atoms with Crippen LogP contribution in [-0.4, -0.2) is 6.54 Å². The SMILES string of the molecule is CCNC(CC)c1ccc(-c2ccc(F)cc2Br)s1. The van der Waals surface area contributed by atoms with Crippen molar-refractivity contribution in [3.63, 3.8) is 0 Å². The number of nitrogens with one attached hydrogen (secondary N) is 1. The van der Waals surface area contributed by atoms with Gasteiger partial charge in [-0.15, -0.1) is 11.3 Å². The quantitative estimate of drug-likeness (QED) is 0.769. The molecule has 0 radical (unpaired) electrons. The van der Waals surface area contributed by atoms with Crippen LogP contribution in [0.3, 0.4) is 0 Å². The first-order valence-corrected chi connectivity index (χ1v) is 8.05. The standard InChI is InChI=1S/C15H17BrFNS/c1-3-13(18-4-2)15-8-7-14(19-15)11-6-5-10(17)9-12(11)16/h5-9,13,18H,3-4H2,1-2H3. The molecule has 0 amide bonds. The van der Waals surface area contributed by atoms with Gasteiger partial charge in [0.05, 0.1) is 0 Å². The van der Waals surface area contributed by atoms with Crippen molar-refractivity contribution in [3.8, 4) is 10.4 Å². The van der Waals surface area contributed by atoms with Crippen LogP contribution in [0.5, 0.6) is 0 Å². The summed E-state index contributed by atoms with van der Waals surface area (Å²) in [5.74, 6) is -0.216. The fourth-order valence-corrected chi connectivity index (χ4v) is 3.97. The van der Waals surface area contributed by atoms with Gasteiger partial charge in [-0.25, -0.2) is 4.39 Å². The molecule has 102 valence electrons. The van der Waals surface area contributed by atoms with Gasteiger partial charge in [0.15, 0.2) is 0 Å². The van der Waals surface area contributed by atoms with Gasteiger partial charge in [-0.2, -0.15) is 0 Å². The van der Waals surface area contributed by atoms with Crippen molar-refractivity contribution in [3.05, 3.63) is 45.5 Å². The zero-order chi connectivity index (χ0) is 13.8. The molecule has 1 unspecified atom stereocenters. The molecule has 1 aromatic carbocycles. The van der Waals surface area contributed by atoms with E-state index >= 15 is 0 Å². The third-order valence-corrected chi connectivity index (χ3v) is 4.91. The molecule has 0 bridgehead atoms. The Morgan fingerprint density at radius 2 is 2.05 bits per heavy atom. The highest BCUT2D eigenvalue weighted by Gasteiger charge is 2.13. The van der Waals surface area contributed by atoms with Gasteiger partial charge in [-0.05, 0) is 43.3 Å². The van der Waals surface area contributed by atoms with E-state index in [-0.39, 0.29) is 5.82 Å². The number of hydrogen-bond donors (Lipinski definition) is 1. The fourth-order valence-electron chi connectivity index (χ4n) is 2.07. The van der Waals surface area contributed by atoms with Crippen LogP contribution in [0.2, 0.25) is 0 Å². The summed E-state index contributed by atoms with van der Waals surface area (Å²) < 4.78 is 13.9. The van der Waals surface area contributed by atoms with Gasteiger partial charge in [0, 0.05) is 25.8 Å². The summed E-state index contributed by atoms with van der Waals surface area (Å²) in [7, 11) is 0. The highest BCUT2D eigenvalue weighted by molar-refractivity contribution is 9.10.